The Bertz CT molecular complexity index is 755. The second-order valence-corrected chi connectivity index (χ2v) is 6.73. The lowest BCUT2D eigenvalue weighted by molar-refractivity contribution is -0.137. The van der Waals surface area contributed by atoms with Gasteiger partial charge in [-0.1, -0.05) is 18.2 Å². The summed E-state index contributed by atoms with van der Waals surface area (Å²) in [6.07, 6.45) is -3.74. The Balaban J connectivity index is 1.56. The van der Waals surface area contributed by atoms with Crippen molar-refractivity contribution in [3.8, 4) is 0 Å². The molecule has 0 N–H and O–H groups in total. The molecule has 0 unspecified atom stereocenters. The summed E-state index contributed by atoms with van der Waals surface area (Å²) in [5, 5.41) is 5.24. The molecule has 3 rings (SSSR count). The average Bonchev–Trinajstić information content (AvgIpc) is 2.63. The van der Waals surface area contributed by atoms with Crippen molar-refractivity contribution in [1.29, 1.82) is 0 Å². The van der Waals surface area contributed by atoms with E-state index in [4.69, 9.17) is 0 Å². The van der Waals surface area contributed by atoms with Crippen molar-refractivity contribution in [3.05, 3.63) is 35.4 Å². The van der Waals surface area contributed by atoms with Crippen LogP contribution in [0.4, 0.5) is 13.2 Å². The van der Waals surface area contributed by atoms with E-state index < -0.39 is 11.7 Å². The lowest BCUT2D eigenvalue weighted by Crippen LogP contribution is -2.51. The first-order chi connectivity index (χ1) is 12.7. The number of rotatable bonds is 3. The van der Waals surface area contributed by atoms with Gasteiger partial charge >= 0.3 is 6.18 Å². The highest BCUT2D eigenvalue weighted by Gasteiger charge is 2.31. The summed E-state index contributed by atoms with van der Waals surface area (Å²) in [5.41, 5.74) is 0.326. The minimum absolute atomic E-state index is 0.113. The summed E-state index contributed by atoms with van der Waals surface area (Å²) in [5.74, 6) is -0.287. The highest BCUT2D eigenvalue weighted by atomic mass is 19.4. The van der Waals surface area contributed by atoms with E-state index >= 15 is 0 Å². The quantitative estimate of drug-likeness (QED) is 0.803. The molecule has 6 nitrogen and oxygen atoms in total. The largest absolute Gasteiger partial charge is 0.416 e. The van der Waals surface area contributed by atoms with Gasteiger partial charge in [0, 0.05) is 52.6 Å². The summed E-state index contributed by atoms with van der Waals surface area (Å²) in [4.78, 5) is 27.7. The van der Waals surface area contributed by atoms with Crippen molar-refractivity contribution < 1.29 is 22.8 Å². The Hall–Kier alpha value is -2.42. The molecular formula is C18H21F3N4O2. The molecule has 1 aromatic carbocycles. The highest BCUT2D eigenvalue weighted by Crippen LogP contribution is 2.29. The van der Waals surface area contributed by atoms with Crippen molar-refractivity contribution in [1.82, 2.24) is 14.8 Å². The zero-order valence-corrected chi connectivity index (χ0v) is 15.0. The Morgan fingerprint density at radius 3 is 2.48 bits per heavy atom. The number of piperazine rings is 1. The van der Waals surface area contributed by atoms with Crippen molar-refractivity contribution in [2.45, 2.75) is 25.6 Å². The number of alkyl halides is 3. The molecule has 0 atom stereocenters. The zero-order valence-electron chi connectivity index (χ0n) is 15.0. The fourth-order valence-corrected chi connectivity index (χ4v) is 3.22. The topological polar surface area (TPSA) is 56.2 Å². The Morgan fingerprint density at radius 1 is 1.15 bits per heavy atom. The normalized spacial score (nSPS) is 19.3. The summed E-state index contributed by atoms with van der Waals surface area (Å²) in [6, 6.07) is 5.32. The maximum atomic E-state index is 12.8. The van der Waals surface area contributed by atoms with Gasteiger partial charge in [0.05, 0.1) is 5.56 Å². The maximum Gasteiger partial charge on any atom is 0.416 e. The molecule has 9 heteroatoms. The van der Waals surface area contributed by atoms with E-state index in [1.807, 2.05) is 4.90 Å². The molecule has 1 saturated heterocycles. The minimum atomic E-state index is -4.35. The summed E-state index contributed by atoms with van der Waals surface area (Å²) in [7, 11) is 1.53. The highest BCUT2D eigenvalue weighted by molar-refractivity contribution is 6.39. The van der Waals surface area contributed by atoms with Crippen LogP contribution in [0.25, 0.3) is 0 Å². The van der Waals surface area contributed by atoms with Crippen LogP contribution >= 0.6 is 0 Å². The third-order valence-corrected chi connectivity index (χ3v) is 4.77. The molecule has 1 aromatic rings. The number of hydrazone groups is 1. The van der Waals surface area contributed by atoms with E-state index in [0.717, 1.165) is 6.07 Å². The number of hydrogen-bond donors (Lipinski definition) is 0. The van der Waals surface area contributed by atoms with Crippen molar-refractivity contribution in [2.24, 2.45) is 5.10 Å². The molecule has 27 heavy (non-hydrogen) atoms. The van der Waals surface area contributed by atoms with Gasteiger partial charge in [-0.2, -0.15) is 18.3 Å². The van der Waals surface area contributed by atoms with Gasteiger partial charge in [0.15, 0.2) is 0 Å². The van der Waals surface area contributed by atoms with Gasteiger partial charge in [-0.25, -0.2) is 5.01 Å². The SMILES string of the molecule is CN1N=C(C(=O)N2CCN(Cc3cccc(C(F)(F)F)c3)CC2)CCC1=O. The summed E-state index contributed by atoms with van der Waals surface area (Å²) < 4.78 is 38.5. The lowest BCUT2D eigenvalue weighted by atomic mass is 10.1. The first kappa shape index (κ1) is 19.3. The molecule has 2 heterocycles. The van der Waals surface area contributed by atoms with Crippen LogP contribution in [0.5, 0.6) is 0 Å². The Kier molecular flexibility index (Phi) is 5.50. The number of amides is 2. The van der Waals surface area contributed by atoms with Gasteiger partial charge in [-0.15, -0.1) is 0 Å². The zero-order chi connectivity index (χ0) is 19.6. The van der Waals surface area contributed by atoms with Gasteiger partial charge in [-0.05, 0) is 11.6 Å². The molecule has 146 valence electrons. The van der Waals surface area contributed by atoms with Crippen LogP contribution in [0, 0.1) is 0 Å². The second-order valence-electron chi connectivity index (χ2n) is 6.73. The van der Waals surface area contributed by atoms with Crippen LogP contribution in [0.1, 0.15) is 24.0 Å². The van der Waals surface area contributed by atoms with E-state index in [0.29, 0.717) is 50.4 Å². The van der Waals surface area contributed by atoms with E-state index in [1.165, 1.54) is 24.2 Å². The fourth-order valence-electron chi connectivity index (χ4n) is 3.22. The molecule has 2 amide bonds. The fraction of sp³-hybridized carbons (Fsp3) is 0.500. The lowest BCUT2D eigenvalue weighted by Gasteiger charge is -2.35. The van der Waals surface area contributed by atoms with Gasteiger partial charge in [0.1, 0.15) is 5.71 Å². The number of benzene rings is 1. The minimum Gasteiger partial charge on any atom is -0.335 e. The maximum absolute atomic E-state index is 12.8. The second kappa shape index (κ2) is 7.67. The van der Waals surface area contributed by atoms with E-state index in [1.54, 1.807) is 11.0 Å². The van der Waals surface area contributed by atoms with Crippen LogP contribution in [-0.4, -0.2) is 65.6 Å². The molecule has 0 aliphatic carbocycles. The van der Waals surface area contributed by atoms with Crippen LogP contribution < -0.4 is 0 Å². The molecule has 0 bridgehead atoms. The standard InChI is InChI=1S/C18H21F3N4O2/c1-23-16(26)6-5-15(22-23)17(27)25-9-7-24(8-10-25)12-13-3-2-4-14(11-13)18(19,20)21/h2-4,11H,5-10,12H2,1H3. The van der Waals surface area contributed by atoms with Crippen molar-refractivity contribution >= 4 is 17.5 Å². The third kappa shape index (κ3) is 4.65. The monoisotopic (exact) mass is 382 g/mol. The first-order valence-corrected chi connectivity index (χ1v) is 8.76. The number of nitrogens with zero attached hydrogens (tertiary/aromatic N) is 4. The van der Waals surface area contributed by atoms with Gasteiger partial charge in [-0.3, -0.25) is 14.5 Å². The van der Waals surface area contributed by atoms with E-state index in [-0.39, 0.29) is 18.2 Å². The molecular weight excluding hydrogens is 361 g/mol. The van der Waals surface area contributed by atoms with Crippen LogP contribution in [-0.2, 0) is 22.3 Å². The molecule has 0 aromatic heterocycles. The molecule has 0 spiro atoms. The molecule has 0 saturated carbocycles. The van der Waals surface area contributed by atoms with Crippen LogP contribution in [0.15, 0.2) is 29.4 Å². The number of hydrogen-bond acceptors (Lipinski definition) is 4. The predicted molar refractivity (Wildman–Crippen MR) is 92.7 cm³/mol. The van der Waals surface area contributed by atoms with Gasteiger partial charge in [0.25, 0.3) is 5.91 Å². The van der Waals surface area contributed by atoms with Crippen molar-refractivity contribution in [3.63, 3.8) is 0 Å². The first-order valence-electron chi connectivity index (χ1n) is 8.76. The van der Waals surface area contributed by atoms with E-state index in [2.05, 4.69) is 5.10 Å². The van der Waals surface area contributed by atoms with Crippen LogP contribution in [0.3, 0.4) is 0 Å². The molecule has 2 aliphatic rings. The molecule has 2 aliphatic heterocycles. The number of carbonyl (C=O) groups is 2. The molecule has 1 fully saturated rings. The smallest absolute Gasteiger partial charge is 0.335 e. The predicted octanol–water partition coefficient (Wildman–Crippen LogP) is 1.96. The van der Waals surface area contributed by atoms with Gasteiger partial charge < -0.3 is 4.90 Å². The Labute approximate surface area is 155 Å². The van der Waals surface area contributed by atoms with E-state index in [9.17, 15) is 22.8 Å². The third-order valence-electron chi connectivity index (χ3n) is 4.77. The molecule has 0 radical (unpaired) electrons. The summed E-state index contributed by atoms with van der Waals surface area (Å²) >= 11 is 0. The number of halogens is 3. The summed E-state index contributed by atoms with van der Waals surface area (Å²) in [6.45, 7) is 2.52. The average molecular weight is 382 g/mol. The Morgan fingerprint density at radius 2 is 1.85 bits per heavy atom. The number of carbonyl (C=O) groups excluding carboxylic acids is 2. The van der Waals surface area contributed by atoms with Gasteiger partial charge in [0.2, 0.25) is 5.91 Å². The van der Waals surface area contributed by atoms with Crippen LogP contribution in [0.2, 0.25) is 0 Å². The van der Waals surface area contributed by atoms with Crippen molar-refractivity contribution in [2.75, 3.05) is 33.2 Å².